The lowest BCUT2D eigenvalue weighted by atomic mass is 10.2. The number of hydrogen-bond donors (Lipinski definition) is 0. The van der Waals surface area contributed by atoms with Gasteiger partial charge in [-0.25, -0.2) is 5.06 Å². The maximum atomic E-state index is 12.8. The normalized spacial score (nSPS) is 11.3. The van der Waals surface area contributed by atoms with Gasteiger partial charge in [0.1, 0.15) is 11.3 Å². The number of hydrogen-bond acceptors (Lipinski definition) is 5. The molecule has 1 heterocycles. The molecule has 0 N–H and O–H groups in total. The third-order valence-corrected chi connectivity index (χ3v) is 4.35. The lowest BCUT2D eigenvalue weighted by Gasteiger charge is -2.23. The predicted octanol–water partition coefficient (Wildman–Crippen LogP) is 3.52. The van der Waals surface area contributed by atoms with Gasteiger partial charge in [-0.2, -0.15) is 18.3 Å². The van der Waals surface area contributed by atoms with Crippen LogP contribution in [0.5, 0.6) is 5.75 Å². The zero-order valence-corrected chi connectivity index (χ0v) is 17.1. The highest BCUT2D eigenvalue weighted by atomic mass is 19.4. The zero-order valence-electron chi connectivity index (χ0n) is 17.1. The molecule has 7 nitrogen and oxygen atoms in total. The summed E-state index contributed by atoms with van der Waals surface area (Å²) in [6, 6.07) is 7.26. The standard InChI is InChI=1S/C20H25F3N4O3/c1-5-11-26(12-10-20(21,22)23)18-17(19(28)25(2)30-4)14-27(24-18)13-15-6-8-16(29-3)9-7-15/h5-9,14H,1,10-13H2,2-4H3. The van der Waals surface area contributed by atoms with Crippen LogP contribution in [-0.2, 0) is 11.4 Å². The SMILES string of the molecule is C=CCN(CCC(F)(F)F)c1nn(Cc2ccc(OC)cc2)cc1C(=O)N(C)OC. The minimum Gasteiger partial charge on any atom is -0.497 e. The molecule has 0 atom stereocenters. The average Bonchev–Trinajstić information content (AvgIpc) is 3.13. The van der Waals surface area contributed by atoms with E-state index in [9.17, 15) is 18.0 Å². The summed E-state index contributed by atoms with van der Waals surface area (Å²) >= 11 is 0. The molecule has 1 aromatic carbocycles. The molecule has 2 rings (SSSR count). The molecule has 0 fully saturated rings. The second-order valence-electron chi connectivity index (χ2n) is 6.50. The van der Waals surface area contributed by atoms with E-state index in [0.29, 0.717) is 12.3 Å². The minimum absolute atomic E-state index is 0.104. The number of alkyl halides is 3. The lowest BCUT2D eigenvalue weighted by molar-refractivity contribution is -0.132. The average molecular weight is 426 g/mol. The molecule has 164 valence electrons. The maximum absolute atomic E-state index is 12.8. The highest BCUT2D eigenvalue weighted by Gasteiger charge is 2.30. The first-order valence-corrected chi connectivity index (χ1v) is 9.13. The second kappa shape index (κ2) is 10.1. The van der Waals surface area contributed by atoms with Gasteiger partial charge in [0.05, 0.1) is 27.2 Å². The van der Waals surface area contributed by atoms with Gasteiger partial charge in [-0.3, -0.25) is 14.3 Å². The number of anilines is 1. The molecule has 10 heteroatoms. The van der Waals surface area contributed by atoms with E-state index in [1.54, 1.807) is 19.2 Å². The molecule has 0 aliphatic carbocycles. The Labute approximate surface area is 173 Å². The van der Waals surface area contributed by atoms with Crippen LogP contribution in [0, 0.1) is 0 Å². The topological polar surface area (TPSA) is 59.8 Å². The quantitative estimate of drug-likeness (QED) is 0.430. The lowest BCUT2D eigenvalue weighted by Crippen LogP contribution is -2.32. The van der Waals surface area contributed by atoms with Crippen molar-refractivity contribution in [2.45, 2.75) is 19.1 Å². The Hall–Kier alpha value is -3.01. The minimum atomic E-state index is -4.33. The van der Waals surface area contributed by atoms with Gasteiger partial charge < -0.3 is 9.64 Å². The summed E-state index contributed by atoms with van der Waals surface area (Å²) in [7, 11) is 4.30. The molecule has 0 bridgehead atoms. The number of nitrogens with zero attached hydrogens (tertiary/aromatic N) is 4. The maximum Gasteiger partial charge on any atom is 0.390 e. The van der Waals surface area contributed by atoms with Gasteiger partial charge in [0.25, 0.3) is 5.91 Å². The molecule has 0 unspecified atom stereocenters. The first-order valence-electron chi connectivity index (χ1n) is 9.13. The van der Waals surface area contributed by atoms with Gasteiger partial charge in [0.2, 0.25) is 0 Å². The summed E-state index contributed by atoms with van der Waals surface area (Å²) in [5, 5.41) is 5.39. The summed E-state index contributed by atoms with van der Waals surface area (Å²) in [6.07, 6.45) is -2.41. The highest BCUT2D eigenvalue weighted by Crippen LogP contribution is 2.25. The van der Waals surface area contributed by atoms with Crippen molar-refractivity contribution in [2.75, 3.05) is 39.3 Å². The molecule has 0 spiro atoms. The summed E-state index contributed by atoms with van der Waals surface area (Å²) < 4.78 is 45.0. The Bertz CT molecular complexity index is 850. The molecule has 0 saturated carbocycles. The van der Waals surface area contributed by atoms with Crippen LogP contribution in [0.2, 0.25) is 0 Å². The molecule has 1 aromatic heterocycles. The van der Waals surface area contributed by atoms with E-state index in [-0.39, 0.29) is 24.5 Å². The van der Waals surface area contributed by atoms with Crippen molar-refractivity contribution in [2.24, 2.45) is 0 Å². The number of carbonyl (C=O) groups excluding carboxylic acids is 1. The molecule has 2 aromatic rings. The van der Waals surface area contributed by atoms with Gasteiger partial charge in [0.15, 0.2) is 5.82 Å². The van der Waals surface area contributed by atoms with Crippen molar-refractivity contribution in [3.63, 3.8) is 0 Å². The van der Waals surface area contributed by atoms with Gasteiger partial charge in [-0.1, -0.05) is 18.2 Å². The van der Waals surface area contributed by atoms with Crippen LogP contribution in [0.15, 0.2) is 43.1 Å². The molecular weight excluding hydrogens is 401 g/mol. The monoisotopic (exact) mass is 426 g/mol. The van der Waals surface area contributed by atoms with Crippen LogP contribution < -0.4 is 9.64 Å². The molecule has 30 heavy (non-hydrogen) atoms. The van der Waals surface area contributed by atoms with Gasteiger partial charge in [-0.05, 0) is 17.7 Å². The zero-order chi connectivity index (χ0) is 22.3. The third-order valence-electron chi connectivity index (χ3n) is 4.35. The van der Waals surface area contributed by atoms with Crippen molar-refractivity contribution in [3.8, 4) is 5.75 Å². The highest BCUT2D eigenvalue weighted by molar-refractivity contribution is 5.98. The number of benzene rings is 1. The molecule has 0 radical (unpaired) electrons. The molecule has 1 amide bonds. The summed E-state index contributed by atoms with van der Waals surface area (Å²) in [5.74, 6) is 0.318. The Morgan fingerprint density at radius 3 is 2.47 bits per heavy atom. The van der Waals surface area contributed by atoms with Crippen LogP contribution in [0.1, 0.15) is 22.3 Å². The molecular formula is C20H25F3N4O3. The van der Waals surface area contributed by atoms with E-state index >= 15 is 0 Å². The fraction of sp³-hybridized carbons (Fsp3) is 0.400. The Balaban J connectivity index is 2.38. The summed E-state index contributed by atoms with van der Waals surface area (Å²) in [6.45, 7) is 3.67. The smallest absolute Gasteiger partial charge is 0.390 e. The van der Waals surface area contributed by atoms with Crippen molar-refractivity contribution in [3.05, 3.63) is 54.2 Å². The van der Waals surface area contributed by atoms with E-state index in [1.807, 2.05) is 12.1 Å². The summed E-state index contributed by atoms with van der Waals surface area (Å²) in [4.78, 5) is 19.0. The number of amides is 1. The third kappa shape index (κ3) is 6.24. The van der Waals surface area contributed by atoms with E-state index in [4.69, 9.17) is 9.57 Å². The van der Waals surface area contributed by atoms with Crippen LogP contribution in [-0.4, -0.2) is 61.3 Å². The van der Waals surface area contributed by atoms with E-state index in [0.717, 1.165) is 10.6 Å². The number of halogens is 3. The van der Waals surface area contributed by atoms with Crippen molar-refractivity contribution in [1.29, 1.82) is 0 Å². The number of carbonyl (C=O) groups is 1. The van der Waals surface area contributed by atoms with Crippen molar-refractivity contribution >= 4 is 11.7 Å². The number of hydroxylamine groups is 2. The largest absolute Gasteiger partial charge is 0.497 e. The van der Waals surface area contributed by atoms with Gasteiger partial charge in [-0.15, -0.1) is 6.58 Å². The van der Waals surface area contributed by atoms with E-state index in [2.05, 4.69) is 11.7 Å². The number of ether oxygens (including phenoxy) is 1. The second-order valence-corrected chi connectivity index (χ2v) is 6.50. The van der Waals surface area contributed by atoms with Crippen LogP contribution in [0.4, 0.5) is 19.0 Å². The number of aromatic nitrogens is 2. The number of methoxy groups -OCH3 is 1. The molecule has 0 aliphatic heterocycles. The van der Waals surface area contributed by atoms with Crippen LogP contribution in [0.25, 0.3) is 0 Å². The Morgan fingerprint density at radius 2 is 1.93 bits per heavy atom. The van der Waals surface area contributed by atoms with Gasteiger partial charge >= 0.3 is 6.18 Å². The van der Waals surface area contributed by atoms with Crippen LogP contribution >= 0.6 is 0 Å². The van der Waals surface area contributed by atoms with Gasteiger partial charge in [0, 0.05) is 26.3 Å². The Morgan fingerprint density at radius 1 is 1.27 bits per heavy atom. The first-order chi connectivity index (χ1) is 14.2. The van der Waals surface area contributed by atoms with Crippen molar-refractivity contribution in [1.82, 2.24) is 14.8 Å². The molecule has 0 aliphatic rings. The van der Waals surface area contributed by atoms with E-state index < -0.39 is 18.5 Å². The van der Waals surface area contributed by atoms with E-state index in [1.165, 1.54) is 36.0 Å². The first kappa shape index (κ1) is 23.3. The number of rotatable bonds is 10. The molecule has 0 saturated heterocycles. The van der Waals surface area contributed by atoms with Crippen LogP contribution in [0.3, 0.4) is 0 Å². The summed E-state index contributed by atoms with van der Waals surface area (Å²) in [5.41, 5.74) is 1.02. The fourth-order valence-electron chi connectivity index (χ4n) is 2.75. The Kier molecular flexibility index (Phi) is 7.87. The van der Waals surface area contributed by atoms with Crippen molar-refractivity contribution < 1.29 is 27.5 Å². The fourth-order valence-corrected chi connectivity index (χ4v) is 2.75. The predicted molar refractivity (Wildman–Crippen MR) is 107 cm³/mol.